The van der Waals surface area contributed by atoms with Crippen LogP contribution in [0.3, 0.4) is 0 Å². The van der Waals surface area contributed by atoms with Crippen molar-refractivity contribution in [3.8, 4) is 0 Å². The monoisotopic (exact) mass is 356 g/mol. The molecular formula is C12H18ClO3PSe. The van der Waals surface area contributed by atoms with E-state index < -0.39 is 6.29 Å². The Bertz CT molecular complexity index is 406. The maximum absolute atomic E-state index is 12.6. The van der Waals surface area contributed by atoms with Crippen LogP contribution in [0.15, 0.2) is 24.3 Å². The molecule has 0 amide bonds. The van der Waals surface area contributed by atoms with Crippen LogP contribution < -0.4 is 4.46 Å². The molecule has 0 bridgehead atoms. The van der Waals surface area contributed by atoms with Gasteiger partial charge in [0.2, 0.25) is 0 Å². The van der Waals surface area contributed by atoms with E-state index in [0.717, 1.165) is 4.46 Å². The standard InChI is InChI=1S/C12H18ClO3PSe/c1-9(2)15-17(14,16-10(3)4)18-12-7-5-11(13)6-8-12/h5-10H,1-4H3. The van der Waals surface area contributed by atoms with Crippen molar-refractivity contribution in [3.63, 3.8) is 0 Å². The number of benzene rings is 1. The van der Waals surface area contributed by atoms with E-state index in [2.05, 4.69) is 0 Å². The molecule has 0 saturated carbocycles. The van der Waals surface area contributed by atoms with Crippen molar-refractivity contribution in [2.75, 3.05) is 0 Å². The summed E-state index contributed by atoms with van der Waals surface area (Å²) in [6.45, 7) is 7.42. The molecule has 3 nitrogen and oxygen atoms in total. The Balaban J connectivity index is 2.84. The average Bonchev–Trinajstić information content (AvgIpc) is 2.18. The summed E-state index contributed by atoms with van der Waals surface area (Å²) < 4.78 is 24.6. The van der Waals surface area contributed by atoms with Crippen LogP contribution in [-0.2, 0) is 13.6 Å². The van der Waals surface area contributed by atoms with E-state index in [9.17, 15) is 4.57 Å². The van der Waals surface area contributed by atoms with Gasteiger partial charge < -0.3 is 0 Å². The molecule has 1 aromatic rings. The maximum atomic E-state index is 12.6. The van der Waals surface area contributed by atoms with E-state index in [-0.39, 0.29) is 26.7 Å². The molecule has 102 valence electrons. The van der Waals surface area contributed by atoms with Gasteiger partial charge in [0.1, 0.15) is 0 Å². The molecule has 1 rings (SSSR count). The molecule has 0 aliphatic carbocycles. The summed E-state index contributed by atoms with van der Waals surface area (Å²) in [5.74, 6) is 0. The Morgan fingerprint density at radius 1 is 1.06 bits per heavy atom. The molecule has 1 aromatic carbocycles. The van der Waals surface area contributed by atoms with Gasteiger partial charge in [0, 0.05) is 0 Å². The molecule has 0 radical (unpaired) electrons. The Labute approximate surface area is 120 Å². The first-order valence-corrected chi connectivity index (χ1v) is 10.7. The van der Waals surface area contributed by atoms with E-state index >= 15 is 0 Å². The first-order chi connectivity index (χ1) is 8.31. The van der Waals surface area contributed by atoms with E-state index in [0.29, 0.717) is 5.02 Å². The second-order valence-corrected chi connectivity index (χ2v) is 11.2. The first kappa shape index (κ1) is 16.2. The second-order valence-electron chi connectivity index (χ2n) is 4.30. The van der Waals surface area contributed by atoms with Crippen LogP contribution in [0, 0.1) is 0 Å². The van der Waals surface area contributed by atoms with Crippen molar-refractivity contribution in [3.05, 3.63) is 29.3 Å². The third kappa shape index (κ3) is 5.88. The van der Waals surface area contributed by atoms with Crippen LogP contribution >= 0.6 is 17.9 Å². The minimum atomic E-state index is -3.05. The van der Waals surface area contributed by atoms with Crippen LogP contribution in [0.2, 0.25) is 5.02 Å². The zero-order valence-corrected chi connectivity index (χ0v) is 14.3. The van der Waals surface area contributed by atoms with Crippen LogP contribution in [0.4, 0.5) is 0 Å². The van der Waals surface area contributed by atoms with E-state index in [4.69, 9.17) is 20.6 Å². The molecule has 6 heteroatoms. The van der Waals surface area contributed by atoms with E-state index in [1.54, 1.807) is 12.1 Å². The van der Waals surface area contributed by atoms with Gasteiger partial charge in [-0.25, -0.2) is 0 Å². The third-order valence-corrected chi connectivity index (χ3v) is 8.15. The molecule has 0 unspecified atom stereocenters. The zero-order chi connectivity index (χ0) is 13.8. The topological polar surface area (TPSA) is 35.5 Å². The fraction of sp³-hybridized carbons (Fsp3) is 0.500. The Hall–Kier alpha value is 0.179. The second kappa shape index (κ2) is 7.09. The molecular weight excluding hydrogens is 338 g/mol. The van der Waals surface area contributed by atoms with Crippen molar-refractivity contribution in [1.29, 1.82) is 0 Å². The molecule has 0 heterocycles. The van der Waals surface area contributed by atoms with Crippen molar-refractivity contribution in [1.82, 2.24) is 0 Å². The quantitative estimate of drug-likeness (QED) is 0.577. The average molecular weight is 356 g/mol. The summed E-state index contributed by atoms with van der Waals surface area (Å²) in [5, 5.41) is 0.666. The summed E-state index contributed by atoms with van der Waals surface area (Å²) >= 11 is 5.46. The molecule has 0 N–H and O–H groups in total. The van der Waals surface area contributed by atoms with Crippen LogP contribution in [0.1, 0.15) is 27.7 Å². The van der Waals surface area contributed by atoms with E-state index in [1.165, 1.54) is 0 Å². The molecule has 0 aliphatic rings. The van der Waals surface area contributed by atoms with Crippen LogP contribution in [0.5, 0.6) is 0 Å². The molecule has 0 aliphatic heterocycles. The van der Waals surface area contributed by atoms with Gasteiger partial charge in [0.05, 0.1) is 0 Å². The number of hydrogen-bond acceptors (Lipinski definition) is 3. The molecule has 0 fully saturated rings. The Morgan fingerprint density at radius 2 is 1.50 bits per heavy atom. The SMILES string of the molecule is CC(C)OP(=O)(OC(C)C)[Se]c1ccc(Cl)cc1. The van der Waals surface area contributed by atoms with Crippen molar-refractivity contribution in [2.45, 2.75) is 39.9 Å². The van der Waals surface area contributed by atoms with Crippen LogP contribution in [0.25, 0.3) is 0 Å². The third-order valence-electron chi connectivity index (χ3n) is 1.71. The van der Waals surface area contributed by atoms with Gasteiger partial charge in [0.25, 0.3) is 0 Å². The number of rotatable bonds is 6. The fourth-order valence-electron chi connectivity index (χ4n) is 1.21. The fourth-order valence-corrected chi connectivity index (χ4v) is 8.27. The summed E-state index contributed by atoms with van der Waals surface area (Å²) in [6, 6.07) is 7.30. The van der Waals surface area contributed by atoms with Gasteiger partial charge in [-0.15, -0.1) is 0 Å². The van der Waals surface area contributed by atoms with Crippen molar-refractivity contribution >= 4 is 36.9 Å². The first-order valence-electron chi connectivity index (χ1n) is 5.73. The molecule has 0 spiro atoms. The summed E-state index contributed by atoms with van der Waals surface area (Å²) in [5.41, 5.74) is 0. The summed E-state index contributed by atoms with van der Waals surface area (Å²) in [7, 11) is 0. The van der Waals surface area contributed by atoms with Gasteiger partial charge in [-0.3, -0.25) is 0 Å². The zero-order valence-electron chi connectivity index (χ0n) is 10.9. The predicted octanol–water partition coefficient (Wildman–Crippen LogP) is 3.63. The van der Waals surface area contributed by atoms with Gasteiger partial charge >= 0.3 is 120 Å². The van der Waals surface area contributed by atoms with Crippen molar-refractivity contribution in [2.24, 2.45) is 0 Å². The molecule has 0 atom stereocenters. The minimum absolute atomic E-state index is 0.122. The number of halogens is 1. The van der Waals surface area contributed by atoms with Gasteiger partial charge in [-0.2, -0.15) is 0 Å². The normalized spacial score (nSPS) is 12.4. The predicted molar refractivity (Wildman–Crippen MR) is 76.9 cm³/mol. The van der Waals surface area contributed by atoms with Gasteiger partial charge in [-0.05, 0) is 0 Å². The van der Waals surface area contributed by atoms with E-state index in [1.807, 2.05) is 39.8 Å². The molecule has 0 aromatic heterocycles. The number of hydrogen-bond donors (Lipinski definition) is 0. The Morgan fingerprint density at radius 3 is 1.89 bits per heavy atom. The van der Waals surface area contributed by atoms with Crippen molar-refractivity contribution < 1.29 is 13.6 Å². The van der Waals surface area contributed by atoms with Gasteiger partial charge in [0.15, 0.2) is 0 Å². The summed E-state index contributed by atoms with van der Waals surface area (Å²) in [4.78, 5) is 0. The molecule has 0 saturated heterocycles. The Kier molecular flexibility index (Phi) is 6.40. The van der Waals surface area contributed by atoms with Gasteiger partial charge in [-0.1, -0.05) is 0 Å². The molecule has 18 heavy (non-hydrogen) atoms. The van der Waals surface area contributed by atoms with Crippen LogP contribution in [-0.4, -0.2) is 26.7 Å². The summed E-state index contributed by atoms with van der Waals surface area (Å²) in [6.07, 6.45) is -3.29.